The molecule has 0 spiro atoms. The summed E-state index contributed by atoms with van der Waals surface area (Å²) in [5.41, 5.74) is 4.94. The minimum absolute atomic E-state index is 0.397. The normalized spacial score (nSPS) is 34.2. The van der Waals surface area contributed by atoms with Crippen LogP contribution in [-0.2, 0) is 0 Å². The third-order valence-corrected chi connectivity index (χ3v) is 3.65. The first-order valence-corrected chi connectivity index (χ1v) is 5.52. The molecule has 3 N–H and O–H groups in total. The summed E-state index contributed by atoms with van der Waals surface area (Å²) in [6.45, 7) is 4.52. The van der Waals surface area contributed by atoms with Gasteiger partial charge in [-0.1, -0.05) is 26.2 Å². The molecular formula is C11H23NO. The SMILES string of the molecule is CCC1CCCC(C(C)(O)CN)C1. The van der Waals surface area contributed by atoms with E-state index >= 15 is 0 Å². The lowest BCUT2D eigenvalue weighted by Gasteiger charge is -2.37. The molecule has 0 aromatic carbocycles. The van der Waals surface area contributed by atoms with E-state index in [2.05, 4.69) is 6.92 Å². The van der Waals surface area contributed by atoms with Crippen LogP contribution in [0.5, 0.6) is 0 Å². The molecule has 0 aliphatic heterocycles. The third kappa shape index (κ3) is 2.68. The van der Waals surface area contributed by atoms with E-state index < -0.39 is 5.60 Å². The van der Waals surface area contributed by atoms with E-state index in [-0.39, 0.29) is 0 Å². The molecular weight excluding hydrogens is 162 g/mol. The maximum Gasteiger partial charge on any atom is 0.0769 e. The van der Waals surface area contributed by atoms with Crippen molar-refractivity contribution in [2.24, 2.45) is 17.6 Å². The average molecular weight is 185 g/mol. The molecule has 1 rings (SSSR count). The van der Waals surface area contributed by atoms with Gasteiger partial charge < -0.3 is 10.8 Å². The van der Waals surface area contributed by atoms with Crippen LogP contribution in [0, 0.1) is 11.8 Å². The van der Waals surface area contributed by atoms with Gasteiger partial charge in [-0.25, -0.2) is 0 Å². The van der Waals surface area contributed by atoms with E-state index in [1.807, 2.05) is 6.92 Å². The topological polar surface area (TPSA) is 46.2 Å². The van der Waals surface area contributed by atoms with Crippen LogP contribution in [0.1, 0.15) is 46.0 Å². The molecule has 3 atom stereocenters. The Morgan fingerprint density at radius 1 is 1.46 bits per heavy atom. The van der Waals surface area contributed by atoms with Crippen molar-refractivity contribution in [1.29, 1.82) is 0 Å². The fourth-order valence-electron chi connectivity index (χ4n) is 2.39. The highest BCUT2D eigenvalue weighted by atomic mass is 16.3. The number of hydrogen-bond acceptors (Lipinski definition) is 2. The molecule has 0 aromatic rings. The van der Waals surface area contributed by atoms with Crippen LogP contribution in [-0.4, -0.2) is 17.3 Å². The van der Waals surface area contributed by atoms with Crippen molar-refractivity contribution in [2.45, 2.75) is 51.6 Å². The smallest absolute Gasteiger partial charge is 0.0769 e. The first kappa shape index (κ1) is 11.0. The summed E-state index contributed by atoms with van der Waals surface area (Å²) in [5, 5.41) is 10.0. The summed E-state index contributed by atoms with van der Waals surface area (Å²) in [5.74, 6) is 1.24. The lowest BCUT2D eigenvalue weighted by Crippen LogP contribution is -2.44. The predicted molar refractivity (Wildman–Crippen MR) is 55.4 cm³/mol. The molecule has 13 heavy (non-hydrogen) atoms. The van der Waals surface area contributed by atoms with Gasteiger partial charge >= 0.3 is 0 Å². The standard InChI is InChI=1S/C11H23NO/c1-3-9-5-4-6-10(7-9)11(2,13)8-12/h9-10,13H,3-8,12H2,1-2H3. The van der Waals surface area contributed by atoms with E-state index in [0.29, 0.717) is 12.5 Å². The van der Waals surface area contributed by atoms with E-state index in [9.17, 15) is 5.11 Å². The second kappa shape index (κ2) is 4.43. The summed E-state index contributed by atoms with van der Waals surface area (Å²) in [7, 11) is 0. The summed E-state index contributed by atoms with van der Waals surface area (Å²) < 4.78 is 0. The maximum atomic E-state index is 10.0. The van der Waals surface area contributed by atoms with Crippen LogP contribution in [0.3, 0.4) is 0 Å². The molecule has 0 saturated heterocycles. The van der Waals surface area contributed by atoms with E-state index in [1.165, 1.54) is 25.7 Å². The molecule has 2 heteroatoms. The van der Waals surface area contributed by atoms with E-state index in [4.69, 9.17) is 5.73 Å². The van der Waals surface area contributed by atoms with Gasteiger partial charge in [0.05, 0.1) is 5.60 Å². The lowest BCUT2D eigenvalue weighted by atomic mass is 9.73. The second-order valence-corrected chi connectivity index (χ2v) is 4.70. The van der Waals surface area contributed by atoms with Gasteiger partial charge in [-0.05, 0) is 31.6 Å². The first-order chi connectivity index (χ1) is 6.10. The van der Waals surface area contributed by atoms with Crippen molar-refractivity contribution in [1.82, 2.24) is 0 Å². The molecule has 1 aliphatic rings. The Labute approximate surface area is 81.5 Å². The highest BCUT2D eigenvalue weighted by Gasteiger charge is 2.33. The molecule has 1 fully saturated rings. The minimum atomic E-state index is -0.631. The van der Waals surface area contributed by atoms with Gasteiger partial charge in [-0.15, -0.1) is 0 Å². The van der Waals surface area contributed by atoms with Gasteiger partial charge in [0.25, 0.3) is 0 Å². The van der Waals surface area contributed by atoms with Crippen LogP contribution in [0.25, 0.3) is 0 Å². The molecule has 2 nitrogen and oxygen atoms in total. The summed E-state index contributed by atoms with van der Waals surface area (Å²) in [4.78, 5) is 0. The zero-order valence-corrected chi connectivity index (χ0v) is 8.92. The number of hydrogen-bond donors (Lipinski definition) is 2. The maximum absolute atomic E-state index is 10.0. The summed E-state index contributed by atoms with van der Waals surface area (Å²) >= 11 is 0. The zero-order chi connectivity index (χ0) is 9.90. The Balaban J connectivity index is 2.50. The molecule has 3 unspecified atom stereocenters. The molecule has 0 heterocycles. The van der Waals surface area contributed by atoms with Gasteiger partial charge in [0.1, 0.15) is 0 Å². The van der Waals surface area contributed by atoms with Gasteiger partial charge in [0.2, 0.25) is 0 Å². The highest BCUT2D eigenvalue weighted by molar-refractivity contribution is 4.87. The van der Waals surface area contributed by atoms with Crippen molar-refractivity contribution in [3.05, 3.63) is 0 Å². The molecule has 78 valence electrons. The fraction of sp³-hybridized carbons (Fsp3) is 1.00. The minimum Gasteiger partial charge on any atom is -0.389 e. The number of rotatable bonds is 3. The van der Waals surface area contributed by atoms with Crippen LogP contribution < -0.4 is 5.73 Å². The summed E-state index contributed by atoms with van der Waals surface area (Å²) in [6, 6.07) is 0. The Morgan fingerprint density at radius 3 is 2.69 bits per heavy atom. The van der Waals surface area contributed by atoms with Crippen molar-refractivity contribution >= 4 is 0 Å². The van der Waals surface area contributed by atoms with Crippen molar-refractivity contribution in [3.8, 4) is 0 Å². The largest absolute Gasteiger partial charge is 0.389 e. The average Bonchev–Trinajstić information content (AvgIpc) is 2.18. The Bertz CT molecular complexity index is 156. The Morgan fingerprint density at radius 2 is 2.15 bits per heavy atom. The molecule has 0 aromatic heterocycles. The molecule has 1 saturated carbocycles. The van der Waals surface area contributed by atoms with Gasteiger partial charge in [0, 0.05) is 6.54 Å². The summed E-state index contributed by atoms with van der Waals surface area (Å²) in [6.07, 6.45) is 6.17. The molecule has 0 radical (unpaired) electrons. The molecule has 0 amide bonds. The zero-order valence-electron chi connectivity index (χ0n) is 8.92. The Hall–Kier alpha value is -0.0800. The molecule has 1 aliphatic carbocycles. The van der Waals surface area contributed by atoms with Crippen LogP contribution in [0.15, 0.2) is 0 Å². The van der Waals surface area contributed by atoms with Crippen molar-refractivity contribution in [2.75, 3.05) is 6.54 Å². The van der Waals surface area contributed by atoms with Crippen LogP contribution >= 0.6 is 0 Å². The number of aliphatic hydroxyl groups is 1. The van der Waals surface area contributed by atoms with Crippen molar-refractivity contribution < 1.29 is 5.11 Å². The van der Waals surface area contributed by atoms with E-state index in [1.54, 1.807) is 0 Å². The molecule has 0 bridgehead atoms. The quantitative estimate of drug-likeness (QED) is 0.705. The van der Waals surface area contributed by atoms with Gasteiger partial charge in [-0.2, -0.15) is 0 Å². The van der Waals surface area contributed by atoms with Gasteiger partial charge in [0.15, 0.2) is 0 Å². The Kier molecular flexibility index (Phi) is 3.74. The second-order valence-electron chi connectivity index (χ2n) is 4.70. The van der Waals surface area contributed by atoms with Gasteiger partial charge in [-0.3, -0.25) is 0 Å². The fourth-order valence-corrected chi connectivity index (χ4v) is 2.39. The first-order valence-electron chi connectivity index (χ1n) is 5.52. The van der Waals surface area contributed by atoms with Crippen LogP contribution in [0.2, 0.25) is 0 Å². The van der Waals surface area contributed by atoms with Crippen molar-refractivity contribution in [3.63, 3.8) is 0 Å². The number of nitrogens with two attached hydrogens (primary N) is 1. The third-order valence-electron chi connectivity index (χ3n) is 3.65. The van der Waals surface area contributed by atoms with Crippen LogP contribution in [0.4, 0.5) is 0 Å². The highest BCUT2D eigenvalue weighted by Crippen LogP contribution is 2.36. The lowest BCUT2D eigenvalue weighted by molar-refractivity contribution is -0.0181. The predicted octanol–water partition coefficient (Wildman–Crippen LogP) is 1.91. The van der Waals surface area contributed by atoms with E-state index in [0.717, 1.165) is 12.3 Å². The monoisotopic (exact) mass is 185 g/mol.